The Balaban J connectivity index is 2.59. The summed E-state index contributed by atoms with van der Waals surface area (Å²) < 4.78 is 0. The van der Waals surface area contributed by atoms with Gasteiger partial charge < -0.3 is 16.0 Å². The smallest absolute Gasteiger partial charge is 0.239 e. The maximum absolute atomic E-state index is 11.8. The zero-order chi connectivity index (χ0) is 13.1. The lowest BCUT2D eigenvalue weighted by Gasteiger charge is -2.43. The second-order valence-corrected chi connectivity index (χ2v) is 6.08. The fourth-order valence-electron chi connectivity index (χ4n) is 2.46. The molecule has 17 heavy (non-hydrogen) atoms. The van der Waals surface area contributed by atoms with E-state index in [1.165, 1.54) is 19.3 Å². The predicted octanol–water partition coefficient (Wildman–Crippen LogP) is 1.10. The Kier molecular flexibility index (Phi) is 4.55. The highest BCUT2D eigenvalue weighted by Crippen LogP contribution is 2.31. The van der Waals surface area contributed by atoms with Crippen LogP contribution in [0, 0.1) is 0 Å². The second kappa shape index (κ2) is 5.36. The first-order chi connectivity index (χ1) is 7.78. The summed E-state index contributed by atoms with van der Waals surface area (Å²) in [7, 11) is 4.20. The van der Waals surface area contributed by atoms with Gasteiger partial charge in [-0.25, -0.2) is 0 Å². The van der Waals surface area contributed by atoms with Crippen LogP contribution in [0.25, 0.3) is 0 Å². The average molecular weight is 241 g/mol. The Bertz CT molecular complexity index is 262. The number of hydrogen-bond acceptors (Lipinski definition) is 3. The number of rotatable bonds is 4. The molecule has 1 aliphatic rings. The van der Waals surface area contributed by atoms with Gasteiger partial charge in [0.15, 0.2) is 0 Å². The van der Waals surface area contributed by atoms with E-state index in [-0.39, 0.29) is 11.4 Å². The molecule has 1 rings (SSSR count). The first-order valence-corrected chi connectivity index (χ1v) is 6.53. The zero-order valence-electron chi connectivity index (χ0n) is 11.7. The van der Waals surface area contributed by atoms with Crippen molar-refractivity contribution in [3.8, 4) is 0 Å². The van der Waals surface area contributed by atoms with Crippen molar-refractivity contribution >= 4 is 5.91 Å². The van der Waals surface area contributed by atoms with Crippen LogP contribution in [0.1, 0.15) is 46.0 Å². The summed E-state index contributed by atoms with van der Waals surface area (Å²) in [6.45, 7) is 4.19. The topological polar surface area (TPSA) is 58.4 Å². The van der Waals surface area contributed by atoms with Gasteiger partial charge >= 0.3 is 0 Å². The van der Waals surface area contributed by atoms with Crippen molar-refractivity contribution in [1.82, 2.24) is 10.2 Å². The Morgan fingerprint density at radius 3 is 2.24 bits per heavy atom. The number of carbonyl (C=O) groups is 1. The van der Waals surface area contributed by atoms with E-state index in [1.807, 2.05) is 0 Å². The van der Waals surface area contributed by atoms with Crippen molar-refractivity contribution in [3.63, 3.8) is 0 Å². The van der Waals surface area contributed by atoms with Crippen LogP contribution in [0.15, 0.2) is 0 Å². The number of hydrogen-bond donors (Lipinski definition) is 2. The largest absolute Gasteiger partial charge is 0.353 e. The SMILES string of the molecule is CN(C)C1(CNC(=O)C(C)(C)N)CCCCC1. The lowest BCUT2D eigenvalue weighted by Crippen LogP contribution is -2.57. The van der Waals surface area contributed by atoms with Crippen molar-refractivity contribution < 1.29 is 4.79 Å². The molecule has 0 aliphatic heterocycles. The number of amides is 1. The molecule has 1 saturated carbocycles. The lowest BCUT2D eigenvalue weighted by atomic mass is 9.80. The Morgan fingerprint density at radius 1 is 1.29 bits per heavy atom. The fraction of sp³-hybridized carbons (Fsp3) is 0.923. The Hall–Kier alpha value is -0.610. The van der Waals surface area contributed by atoms with E-state index in [0.29, 0.717) is 6.54 Å². The van der Waals surface area contributed by atoms with E-state index >= 15 is 0 Å². The summed E-state index contributed by atoms with van der Waals surface area (Å²) in [5, 5.41) is 3.01. The molecular formula is C13H27N3O. The first-order valence-electron chi connectivity index (χ1n) is 6.53. The summed E-state index contributed by atoms with van der Waals surface area (Å²) in [5.74, 6) is -0.0655. The van der Waals surface area contributed by atoms with Crippen molar-refractivity contribution in [1.29, 1.82) is 0 Å². The molecule has 0 bridgehead atoms. The van der Waals surface area contributed by atoms with E-state index in [0.717, 1.165) is 12.8 Å². The molecule has 0 aromatic rings. The van der Waals surface area contributed by atoms with Crippen molar-refractivity contribution in [2.45, 2.75) is 57.0 Å². The van der Waals surface area contributed by atoms with Crippen LogP contribution in [0.4, 0.5) is 0 Å². The van der Waals surface area contributed by atoms with Crippen molar-refractivity contribution in [3.05, 3.63) is 0 Å². The first kappa shape index (κ1) is 14.5. The third-order valence-electron chi connectivity index (χ3n) is 3.90. The molecule has 3 N–H and O–H groups in total. The summed E-state index contributed by atoms with van der Waals surface area (Å²) in [5.41, 5.74) is 5.12. The third-order valence-corrected chi connectivity index (χ3v) is 3.90. The van der Waals surface area contributed by atoms with E-state index in [4.69, 9.17) is 5.73 Å². The summed E-state index contributed by atoms with van der Waals surface area (Å²) in [4.78, 5) is 14.1. The molecular weight excluding hydrogens is 214 g/mol. The maximum Gasteiger partial charge on any atom is 0.239 e. The summed E-state index contributed by atoms with van der Waals surface area (Å²) >= 11 is 0. The molecule has 0 radical (unpaired) electrons. The van der Waals surface area contributed by atoms with Gasteiger partial charge in [0, 0.05) is 12.1 Å². The van der Waals surface area contributed by atoms with Gasteiger partial charge in [-0.2, -0.15) is 0 Å². The number of nitrogens with one attached hydrogen (secondary N) is 1. The maximum atomic E-state index is 11.8. The van der Waals surface area contributed by atoms with E-state index in [9.17, 15) is 4.79 Å². The Morgan fingerprint density at radius 2 is 1.82 bits per heavy atom. The molecule has 1 amide bonds. The van der Waals surface area contributed by atoms with E-state index in [1.54, 1.807) is 13.8 Å². The molecule has 0 atom stereocenters. The normalized spacial score (nSPS) is 20.4. The minimum Gasteiger partial charge on any atom is -0.353 e. The van der Waals surface area contributed by atoms with Crippen LogP contribution in [-0.4, -0.2) is 42.5 Å². The fourth-order valence-corrected chi connectivity index (χ4v) is 2.46. The van der Waals surface area contributed by atoms with Gasteiger partial charge in [0.25, 0.3) is 0 Å². The number of nitrogens with two attached hydrogens (primary N) is 1. The molecule has 0 aromatic heterocycles. The second-order valence-electron chi connectivity index (χ2n) is 6.08. The third kappa shape index (κ3) is 3.68. The molecule has 4 nitrogen and oxygen atoms in total. The van der Waals surface area contributed by atoms with Gasteiger partial charge in [-0.15, -0.1) is 0 Å². The Labute approximate surface area is 105 Å². The highest BCUT2D eigenvalue weighted by molar-refractivity contribution is 5.85. The van der Waals surface area contributed by atoms with Gasteiger partial charge in [-0.1, -0.05) is 19.3 Å². The van der Waals surface area contributed by atoms with Crippen LogP contribution < -0.4 is 11.1 Å². The van der Waals surface area contributed by atoms with Gasteiger partial charge in [-0.3, -0.25) is 4.79 Å². The minimum atomic E-state index is -0.790. The molecule has 100 valence electrons. The van der Waals surface area contributed by atoms with Crippen molar-refractivity contribution in [2.24, 2.45) is 5.73 Å². The number of carbonyl (C=O) groups excluding carboxylic acids is 1. The number of likely N-dealkylation sites (N-methyl/N-ethyl adjacent to an activating group) is 1. The molecule has 1 aliphatic carbocycles. The van der Waals surface area contributed by atoms with Crippen LogP contribution in [0.2, 0.25) is 0 Å². The molecule has 0 unspecified atom stereocenters. The molecule has 0 spiro atoms. The predicted molar refractivity (Wildman–Crippen MR) is 70.8 cm³/mol. The molecule has 4 heteroatoms. The van der Waals surface area contributed by atoms with E-state index in [2.05, 4.69) is 24.3 Å². The van der Waals surface area contributed by atoms with Crippen LogP contribution in [0.5, 0.6) is 0 Å². The standard InChI is InChI=1S/C13H27N3O/c1-12(2,14)11(17)15-10-13(16(3)4)8-6-5-7-9-13/h5-10,14H2,1-4H3,(H,15,17). The summed E-state index contributed by atoms with van der Waals surface area (Å²) in [6.07, 6.45) is 6.13. The molecule has 0 saturated heterocycles. The van der Waals surface area contributed by atoms with Crippen molar-refractivity contribution in [2.75, 3.05) is 20.6 Å². The van der Waals surface area contributed by atoms with Crippen LogP contribution >= 0.6 is 0 Å². The van der Waals surface area contributed by atoms with E-state index < -0.39 is 5.54 Å². The molecule has 1 fully saturated rings. The minimum absolute atomic E-state index is 0.0655. The quantitative estimate of drug-likeness (QED) is 0.775. The van der Waals surface area contributed by atoms with Gasteiger partial charge in [0.05, 0.1) is 5.54 Å². The highest BCUT2D eigenvalue weighted by Gasteiger charge is 2.35. The van der Waals surface area contributed by atoms with Crippen LogP contribution in [-0.2, 0) is 4.79 Å². The van der Waals surface area contributed by atoms with Gasteiger partial charge in [-0.05, 0) is 40.8 Å². The monoisotopic (exact) mass is 241 g/mol. The van der Waals surface area contributed by atoms with Crippen LogP contribution in [0.3, 0.4) is 0 Å². The molecule has 0 heterocycles. The number of nitrogens with zero attached hydrogens (tertiary/aromatic N) is 1. The highest BCUT2D eigenvalue weighted by atomic mass is 16.2. The average Bonchev–Trinajstić information content (AvgIpc) is 2.25. The molecule has 0 aromatic carbocycles. The van der Waals surface area contributed by atoms with Gasteiger partial charge in [0.1, 0.15) is 0 Å². The zero-order valence-corrected chi connectivity index (χ0v) is 11.7. The summed E-state index contributed by atoms with van der Waals surface area (Å²) in [6, 6.07) is 0. The van der Waals surface area contributed by atoms with Gasteiger partial charge in [0.2, 0.25) is 5.91 Å². The lowest BCUT2D eigenvalue weighted by molar-refractivity contribution is -0.126.